The van der Waals surface area contributed by atoms with Crippen molar-refractivity contribution >= 4 is 7.82 Å². The van der Waals surface area contributed by atoms with Gasteiger partial charge < -0.3 is 5.73 Å². The van der Waals surface area contributed by atoms with Crippen molar-refractivity contribution in [2.45, 2.75) is 32.6 Å². The Hall–Kier alpha value is -2.27. The largest absolute Gasteiger partial charge is 0.475 e. The first-order valence-electron chi connectivity index (χ1n) is 9.95. The maximum atomic E-state index is 13.2. The van der Waals surface area contributed by atoms with Crippen molar-refractivity contribution < 1.29 is 18.1 Å². The van der Waals surface area contributed by atoms with Crippen molar-refractivity contribution in [2.75, 3.05) is 6.61 Å². The molecule has 2 N–H and O–H groups in total. The summed E-state index contributed by atoms with van der Waals surface area (Å²) < 4.78 is 30.1. The van der Waals surface area contributed by atoms with Crippen LogP contribution in [0.5, 0.6) is 0 Å². The van der Waals surface area contributed by atoms with E-state index >= 15 is 0 Å². The van der Waals surface area contributed by atoms with Crippen LogP contribution < -0.4 is 5.73 Å². The van der Waals surface area contributed by atoms with E-state index < -0.39 is 7.82 Å². The molecule has 0 fully saturated rings. The molecule has 0 saturated heterocycles. The second kappa shape index (κ2) is 11.2. The van der Waals surface area contributed by atoms with Crippen LogP contribution in [0.25, 0.3) is 0 Å². The summed E-state index contributed by atoms with van der Waals surface area (Å²) in [4.78, 5) is 0. The van der Waals surface area contributed by atoms with Crippen LogP contribution in [0, 0.1) is 6.92 Å². The highest BCUT2D eigenvalue weighted by Gasteiger charge is 2.28. The normalized spacial score (nSPS) is 12.6. The Morgan fingerprint density at radius 3 is 1.83 bits per heavy atom. The van der Waals surface area contributed by atoms with Crippen molar-refractivity contribution in [3.8, 4) is 0 Å². The van der Waals surface area contributed by atoms with Crippen LogP contribution in [0.1, 0.15) is 22.3 Å². The lowest BCUT2D eigenvalue weighted by atomic mass is 10.1. The van der Waals surface area contributed by atoms with Gasteiger partial charge in [-0.3, -0.25) is 13.6 Å². The Bertz CT molecular complexity index is 902. The predicted molar refractivity (Wildman–Crippen MR) is 119 cm³/mol. The molecule has 0 radical (unpaired) electrons. The number of phosphoric acid groups is 1. The van der Waals surface area contributed by atoms with E-state index in [1.807, 2.05) is 85.8 Å². The van der Waals surface area contributed by atoms with Gasteiger partial charge in [0, 0.05) is 6.04 Å². The maximum Gasteiger partial charge on any atom is 0.475 e. The fraction of sp³-hybridized carbons (Fsp3) is 0.250. The highest BCUT2D eigenvalue weighted by atomic mass is 31.2. The molecule has 0 aliphatic heterocycles. The number of hydrogen-bond donors (Lipinski definition) is 1. The average molecular weight is 425 g/mol. The van der Waals surface area contributed by atoms with Crippen LogP contribution in [0.15, 0.2) is 84.9 Å². The molecule has 5 nitrogen and oxygen atoms in total. The molecule has 0 unspecified atom stereocenters. The molecule has 3 aromatic carbocycles. The molecule has 0 heterocycles. The number of nitrogens with two attached hydrogens (primary N) is 1. The van der Waals surface area contributed by atoms with Crippen molar-refractivity contribution in [3.05, 3.63) is 107 Å². The smallest absolute Gasteiger partial charge is 0.325 e. The van der Waals surface area contributed by atoms with Crippen LogP contribution in [0.2, 0.25) is 0 Å². The Morgan fingerprint density at radius 2 is 1.30 bits per heavy atom. The first kappa shape index (κ1) is 22.4. The monoisotopic (exact) mass is 425 g/mol. The highest BCUT2D eigenvalue weighted by Crippen LogP contribution is 2.51. The van der Waals surface area contributed by atoms with E-state index in [-0.39, 0.29) is 25.9 Å². The molecule has 158 valence electrons. The Labute approximate surface area is 178 Å². The molecule has 0 aliphatic rings. The van der Waals surface area contributed by atoms with Crippen molar-refractivity contribution in [3.63, 3.8) is 0 Å². The average Bonchev–Trinajstić information content (AvgIpc) is 2.77. The number of phosphoric ester groups is 1. The predicted octanol–water partition coefficient (Wildman–Crippen LogP) is 5.42. The molecule has 1 atom stereocenters. The van der Waals surface area contributed by atoms with Gasteiger partial charge >= 0.3 is 7.82 Å². The molecule has 30 heavy (non-hydrogen) atoms. The quantitative estimate of drug-likeness (QED) is 0.415. The van der Waals surface area contributed by atoms with E-state index in [0.29, 0.717) is 6.42 Å². The zero-order valence-corrected chi connectivity index (χ0v) is 18.0. The minimum absolute atomic E-state index is 0.0643. The summed E-state index contributed by atoms with van der Waals surface area (Å²) in [6.07, 6.45) is 0.610. The zero-order valence-electron chi connectivity index (χ0n) is 17.1. The van der Waals surface area contributed by atoms with Crippen LogP contribution >= 0.6 is 7.82 Å². The third kappa shape index (κ3) is 7.52. The van der Waals surface area contributed by atoms with Gasteiger partial charge in [0.1, 0.15) is 0 Å². The zero-order chi connectivity index (χ0) is 21.2. The summed E-state index contributed by atoms with van der Waals surface area (Å²) in [5.41, 5.74) is 10.3. The summed E-state index contributed by atoms with van der Waals surface area (Å²) in [6, 6.07) is 26.8. The SMILES string of the molecule is Cc1cccc(C[C@@H](N)COP(=O)(OCc2ccccc2)OCc2ccccc2)c1. The van der Waals surface area contributed by atoms with Gasteiger partial charge in [-0.2, -0.15) is 0 Å². The van der Waals surface area contributed by atoms with Gasteiger partial charge in [0.15, 0.2) is 0 Å². The Balaban J connectivity index is 1.61. The van der Waals surface area contributed by atoms with E-state index in [4.69, 9.17) is 19.3 Å². The minimum Gasteiger partial charge on any atom is -0.325 e. The second-order valence-electron chi connectivity index (χ2n) is 7.21. The van der Waals surface area contributed by atoms with E-state index in [1.165, 1.54) is 5.56 Å². The minimum atomic E-state index is -3.80. The van der Waals surface area contributed by atoms with Crippen molar-refractivity contribution in [1.82, 2.24) is 0 Å². The lowest BCUT2D eigenvalue weighted by Gasteiger charge is -2.20. The first-order chi connectivity index (χ1) is 14.5. The van der Waals surface area contributed by atoms with Gasteiger partial charge in [-0.1, -0.05) is 90.5 Å². The molecule has 0 bridgehead atoms. The number of benzene rings is 3. The molecule has 0 spiro atoms. The van der Waals surface area contributed by atoms with Crippen molar-refractivity contribution in [2.24, 2.45) is 5.73 Å². The van der Waals surface area contributed by atoms with E-state index in [0.717, 1.165) is 16.7 Å². The van der Waals surface area contributed by atoms with Crippen molar-refractivity contribution in [1.29, 1.82) is 0 Å². The summed E-state index contributed by atoms with van der Waals surface area (Å²) in [5.74, 6) is 0. The van der Waals surface area contributed by atoms with Crippen LogP contribution in [0.4, 0.5) is 0 Å². The standard InChI is InChI=1S/C24H28NO4P/c1-20-9-8-14-23(15-20)16-24(25)19-29-30(26,27-17-21-10-4-2-5-11-21)28-18-22-12-6-3-7-13-22/h2-15,24H,16-19,25H2,1H3/t24-/m1/s1. The number of aryl methyl sites for hydroxylation is 1. The molecule has 0 aromatic heterocycles. The topological polar surface area (TPSA) is 70.8 Å². The lowest BCUT2D eigenvalue weighted by molar-refractivity contribution is 0.0983. The summed E-state index contributed by atoms with van der Waals surface area (Å²) in [6.45, 7) is 2.35. The fourth-order valence-electron chi connectivity index (χ4n) is 2.96. The Kier molecular flexibility index (Phi) is 8.38. The van der Waals surface area contributed by atoms with E-state index in [2.05, 4.69) is 6.07 Å². The van der Waals surface area contributed by atoms with Gasteiger partial charge in [0.2, 0.25) is 0 Å². The molecule has 3 aromatic rings. The van der Waals surface area contributed by atoms with Gasteiger partial charge in [0.25, 0.3) is 0 Å². The first-order valence-corrected chi connectivity index (χ1v) is 11.4. The molecule has 0 amide bonds. The highest BCUT2D eigenvalue weighted by molar-refractivity contribution is 7.48. The maximum absolute atomic E-state index is 13.2. The van der Waals surface area contributed by atoms with Crippen LogP contribution in [0.3, 0.4) is 0 Å². The van der Waals surface area contributed by atoms with E-state index in [1.54, 1.807) is 0 Å². The van der Waals surface area contributed by atoms with Gasteiger partial charge in [-0.05, 0) is 30.0 Å². The molecule has 6 heteroatoms. The molecular weight excluding hydrogens is 397 g/mol. The third-order valence-corrected chi connectivity index (χ3v) is 5.85. The fourth-order valence-corrected chi connectivity index (χ4v) is 4.17. The van der Waals surface area contributed by atoms with Crippen LogP contribution in [-0.2, 0) is 37.8 Å². The third-order valence-electron chi connectivity index (χ3n) is 4.49. The Morgan fingerprint density at radius 1 is 0.767 bits per heavy atom. The number of hydrogen-bond acceptors (Lipinski definition) is 5. The van der Waals surface area contributed by atoms with Gasteiger partial charge in [-0.15, -0.1) is 0 Å². The summed E-state index contributed by atoms with van der Waals surface area (Å²) in [7, 11) is -3.80. The molecule has 3 rings (SSSR count). The number of rotatable bonds is 11. The summed E-state index contributed by atoms with van der Waals surface area (Å²) >= 11 is 0. The van der Waals surface area contributed by atoms with Gasteiger partial charge in [-0.25, -0.2) is 4.57 Å². The lowest BCUT2D eigenvalue weighted by Crippen LogP contribution is -2.28. The second-order valence-corrected chi connectivity index (χ2v) is 8.88. The van der Waals surface area contributed by atoms with Gasteiger partial charge in [0.05, 0.1) is 19.8 Å². The van der Waals surface area contributed by atoms with Crippen LogP contribution in [-0.4, -0.2) is 12.6 Å². The summed E-state index contributed by atoms with van der Waals surface area (Å²) in [5, 5.41) is 0. The van der Waals surface area contributed by atoms with E-state index in [9.17, 15) is 4.57 Å². The molecular formula is C24H28NO4P. The molecule has 0 aliphatic carbocycles. The molecule has 0 saturated carbocycles.